The Morgan fingerprint density at radius 3 is 1.54 bits per heavy atom. The van der Waals surface area contributed by atoms with Crippen LogP contribution in [0.1, 0.15) is 6.92 Å². The minimum Gasteiger partial charge on any atom is -0.213 e. The summed E-state index contributed by atoms with van der Waals surface area (Å²) < 4.78 is 0. The van der Waals surface area contributed by atoms with Crippen molar-refractivity contribution >= 4 is 35.4 Å². The van der Waals surface area contributed by atoms with E-state index in [4.69, 9.17) is 21.0 Å². The molecule has 24 heavy (non-hydrogen) atoms. The Kier molecular flexibility index (Phi) is 3.39. The number of amidine groups is 3. The van der Waals surface area contributed by atoms with Crippen LogP contribution in [0.15, 0.2) is 30.0 Å². The number of hydrogen-bond donors (Lipinski definition) is 0. The summed E-state index contributed by atoms with van der Waals surface area (Å²) >= 11 is 0. The SMILES string of the molecule is CC1=NC2=NC(C(C#N)C#N)=NC3=NC(C(C#N)C#N)=NC(=N1)N23. The van der Waals surface area contributed by atoms with Gasteiger partial charge in [-0.25, -0.2) is 4.90 Å². The van der Waals surface area contributed by atoms with E-state index in [2.05, 4.69) is 30.0 Å². The molecule has 112 valence electrons. The Bertz CT molecular complexity index is 917. The maximum absolute atomic E-state index is 9.02. The summed E-state index contributed by atoms with van der Waals surface area (Å²) in [5, 5.41) is 36.1. The van der Waals surface area contributed by atoms with Gasteiger partial charge in [0.2, 0.25) is 17.9 Å². The van der Waals surface area contributed by atoms with E-state index < -0.39 is 11.8 Å². The first kappa shape index (κ1) is 14.7. The fraction of sp³-hybridized carbons (Fsp3) is 0.231. The Morgan fingerprint density at radius 1 is 0.667 bits per heavy atom. The molecule has 0 saturated carbocycles. The van der Waals surface area contributed by atoms with Gasteiger partial charge in [-0.05, 0) is 6.92 Å². The van der Waals surface area contributed by atoms with Crippen LogP contribution in [-0.2, 0) is 0 Å². The van der Waals surface area contributed by atoms with Crippen molar-refractivity contribution < 1.29 is 0 Å². The van der Waals surface area contributed by atoms with E-state index in [1.165, 1.54) is 4.90 Å². The van der Waals surface area contributed by atoms with Crippen molar-refractivity contribution in [3.8, 4) is 24.3 Å². The predicted molar refractivity (Wildman–Crippen MR) is 81.6 cm³/mol. The third kappa shape index (κ3) is 2.19. The first-order chi connectivity index (χ1) is 11.6. The third-order valence-corrected chi connectivity index (χ3v) is 3.01. The molecule has 3 aliphatic rings. The van der Waals surface area contributed by atoms with E-state index in [1.807, 2.05) is 0 Å². The minimum atomic E-state index is -1.20. The number of guanidine groups is 3. The Balaban J connectivity index is 2.19. The number of rotatable bonds is 2. The fourth-order valence-electron chi connectivity index (χ4n) is 1.96. The van der Waals surface area contributed by atoms with E-state index in [1.54, 1.807) is 31.2 Å². The van der Waals surface area contributed by atoms with E-state index in [-0.39, 0.29) is 29.5 Å². The van der Waals surface area contributed by atoms with Crippen molar-refractivity contribution in [3.63, 3.8) is 0 Å². The molecule has 0 atom stereocenters. The van der Waals surface area contributed by atoms with Gasteiger partial charge in [-0.1, -0.05) is 0 Å². The van der Waals surface area contributed by atoms with Gasteiger partial charge in [-0.3, -0.25) is 0 Å². The monoisotopic (exact) mass is 315 g/mol. The fourth-order valence-corrected chi connectivity index (χ4v) is 1.96. The molecule has 0 aromatic heterocycles. The molecule has 0 aliphatic carbocycles. The van der Waals surface area contributed by atoms with Gasteiger partial charge in [0, 0.05) is 0 Å². The summed E-state index contributed by atoms with van der Waals surface area (Å²) in [7, 11) is 0. The molecule has 0 fully saturated rings. The zero-order chi connectivity index (χ0) is 17.3. The number of nitrogens with zero attached hydrogens (tertiary/aromatic N) is 11. The van der Waals surface area contributed by atoms with Crippen LogP contribution in [0.4, 0.5) is 0 Å². The largest absolute Gasteiger partial charge is 0.243 e. The molecule has 0 aromatic carbocycles. The van der Waals surface area contributed by atoms with Crippen LogP contribution < -0.4 is 0 Å². The molecule has 3 rings (SSSR count). The summed E-state index contributed by atoms with van der Waals surface area (Å²) in [6.45, 7) is 1.61. The highest BCUT2D eigenvalue weighted by Crippen LogP contribution is 2.20. The Morgan fingerprint density at radius 2 is 1.08 bits per heavy atom. The second-order valence-electron chi connectivity index (χ2n) is 4.55. The van der Waals surface area contributed by atoms with Gasteiger partial charge in [0.05, 0.1) is 24.3 Å². The van der Waals surface area contributed by atoms with Crippen molar-refractivity contribution in [2.24, 2.45) is 41.8 Å². The minimum absolute atomic E-state index is 0.000926. The van der Waals surface area contributed by atoms with Crippen LogP contribution in [0, 0.1) is 57.2 Å². The molecular formula is C13H5N11. The van der Waals surface area contributed by atoms with Gasteiger partial charge in [0.15, 0.2) is 23.5 Å². The van der Waals surface area contributed by atoms with E-state index >= 15 is 0 Å². The molecule has 0 unspecified atom stereocenters. The lowest BCUT2D eigenvalue weighted by molar-refractivity contribution is 0.816. The van der Waals surface area contributed by atoms with Crippen molar-refractivity contribution in [2.45, 2.75) is 6.92 Å². The number of hydrogen-bond acceptors (Lipinski definition) is 11. The maximum Gasteiger partial charge on any atom is 0.243 e. The summed E-state index contributed by atoms with van der Waals surface area (Å²) in [5.74, 6) is -1.99. The molecular weight excluding hydrogens is 310 g/mol. The molecule has 0 aromatic rings. The highest BCUT2D eigenvalue weighted by molar-refractivity contribution is 6.31. The second-order valence-corrected chi connectivity index (χ2v) is 4.55. The quantitative estimate of drug-likeness (QED) is 0.692. The smallest absolute Gasteiger partial charge is 0.213 e. The molecule has 0 amide bonds. The predicted octanol–water partition coefficient (Wildman–Crippen LogP) is -0.0607. The van der Waals surface area contributed by atoms with Crippen LogP contribution in [-0.4, -0.2) is 40.3 Å². The first-order valence-electron chi connectivity index (χ1n) is 6.48. The van der Waals surface area contributed by atoms with Crippen LogP contribution >= 0.6 is 0 Å². The molecule has 0 N–H and O–H groups in total. The molecule has 0 saturated heterocycles. The summed E-state index contributed by atoms with van der Waals surface area (Å²) in [5.41, 5.74) is 0. The average molecular weight is 315 g/mol. The van der Waals surface area contributed by atoms with Crippen molar-refractivity contribution in [1.29, 1.82) is 21.0 Å². The number of nitriles is 4. The van der Waals surface area contributed by atoms with E-state index in [0.717, 1.165) is 0 Å². The number of aliphatic imine (C=N–C) groups is 6. The normalized spacial score (nSPS) is 17.7. The summed E-state index contributed by atoms with van der Waals surface area (Å²) in [6.07, 6.45) is 0. The standard InChI is InChI=1S/C13H5N11/c1-6-18-11-20-9(7(2-14)3-15)22-13-23-10(8(4-16)5-17)21-12(19-6)24(11)13/h7-8H,1H3. The van der Waals surface area contributed by atoms with Crippen LogP contribution in [0.25, 0.3) is 0 Å². The van der Waals surface area contributed by atoms with Crippen molar-refractivity contribution in [1.82, 2.24) is 4.90 Å². The lowest BCUT2D eigenvalue weighted by Crippen LogP contribution is -2.48. The van der Waals surface area contributed by atoms with Crippen molar-refractivity contribution in [2.75, 3.05) is 0 Å². The Labute approximate surface area is 135 Å². The van der Waals surface area contributed by atoms with Crippen molar-refractivity contribution in [3.05, 3.63) is 0 Å². The summed E-state index contributed by atoms with van der Waals surface area (Å²) in [4.78, 5) is 25.9. The van der Waals surface area contributed by atoms with Gasteiger partial charge >= 0.3 is 0 Å². The lowest BCUT2D eigenvalue weighted by Gasteiger charge is -2.30. The van der Waals surface area contributed by atoms with Gasteiger partial charge in [-0.2, -0.15) is 51.0 Å². The van der Waals surface area contributed by atoms with E-state index in [0.29, 0.717) is 5.84 Å². The zero-order valence-electron chi connectivity index (χ0n) is 12.1. The molecule has 11 nitrogen and oxygen atoms in total. The first-order valence-corrected chi connectivity index (χ1v) is 6.48. The molecule has 3 aliphatic heterocycles. The van der Waals surface area contributed by atoms with E-state index in [9.17, 15) is 0 Å². The van der Waals surface area contributed by atoms with Gasteiger partial charge in [0.25, 0.3) is 0 Å². The topological polar surface area (TPSA) is 173 Å². The Hall–Kier alpha value is -4.22. The summed E-state index contributed by atoms with van der Waals surface area (Å²) in [6, 6.07) is 7.09. The maximum atomic E-state index is 9.02. The third-order valence-electron chi connectivity index (χ3n) is 3.01. The average Bonchev–Trinajstić information content (AvgIpc) is 2.56. The molecule has 0 radical (unpaired) electrons. The van der Waals surface area contributed by atoms with Gasteiger partial charge in [0.1, 0.15) is 5.84 Å². The second kappa shape index (κ2) is 5.53. The van der Waals surface area contributed by atoms with Crippen LogP contribution in [0.2, 0.25) is 0 Å². The van der Waals surface area contributed by atoms with Crippen LogP contribution in [0.5, 0.6) is 0 Å². The van der Waals surface area contributed by atoms with Gasteiger partial charge in [-0.15, -0.1) is 0 Å². The highest BCUT2D eigenvalue weighted by atomic mass is 15.5. The highest BCUT2D eigenvalue weighted by Gasteiger charge is 2.37. The molecule has 0 spiro atoms. The lowest BCUT2D eigenvalue weighted by atomic mass is 10.1. The molecule has 11 heteroatoms. The molecule has 3 heterocycles. The zero-order valence-corrected chi connectivity index (χ0v) is 12.1. The van der Waals surface area contributed by atoms with Gasteiger partial charge < -0.3 is 0 Å². The molecule has 0 bridgehead atoms. The van der Waals surface area contributed by atoms with Crippen LogP contribution in [0.3, 0.4) is 0 Å².